The second-order valence-corrected chi connectivity index (χ2v) is 7.24. The normalized spacial score (nSPS) is 13.9. The summed E-state index contributed by atoms with van der Waals surface area (Å²) in [6.07, 6.45) is 0.837. The minimum atomic E-state index is -1.30. The number of fused-ring (bicyclic) bond motifs is 1. The fraction of sp³-hybridized carbons (Fsp3) is 0.211. The zero-order valence-electron chi connectivity index (χ0n) is 15.4. The van der Waals surface area contributed by atoms with Gasteiger partial charge in [-0.1, -0.05) is 11.6 Å². The van der Waals surface area contributed by atoms with Crippen molar-refractivity contribution in [2.45, 2.75) is 12.6 Å². The van der Waals surface area contributed by atoms with Crippen LogP contribution in [0, 0.1) is 0 Å². The van der Waals surface area contributed by atoms with E-state index in [0.29, 0.717) is 21.6 Å². The average Bonchev–Trinajstić information content (AvgIpc) is 3.04. The Labute approximate surface area is 174 Å². The molecule has 1 fully saturated rings. The summed E-state index contributed by atoms with van der Waals surface area (Å²) in [4.78, 5) is 46.2. The van der Waals surface area contributed by atoms with Crippen molar-refractivity contribution < 1.29 is 24.6 Å². The molecule has 10 nitrogen and oxygen atoms in total. The lowest BCUT2D eigenvalue weighted by molar-refractivity contribution is -0.116. The predicted molar refractivity (Wildman–Crippen MR) is 106 cm³/mol. The molecule has 0 saturated carbocycles. The Bertz CT molecular complexity index is 1150. The minimum Gasteiger partial charge on any atom is -0.475 e. The third-order valence-corrected chi connectivity index (χ3v) is 4.86. The van der Waals surface area contributed by atoms with Gasteiger partial charge in [0.25, 0.3) is 5.91 Å². The van der Waals surface area contributed by atoms with Gasteiger partial charge in [-0.05, 0) is 30.3 Å². The highest BCUT2D eigenvalue weighted by Crippen LogP contribution is 2.21. The molecule has 0 atom stereocenters. The Balaban J connectivity index is 1.64. The third kappa shape index (κ3) is 3.82. The molecule has 1 aromatic carbocycles. The van der Waals surface area contributed by atoms with E-state index in [1.165, 1.54) is 39.9 Å². The molecule has 0 bridgehead atoms. The number of halogens is 1. The molecule has 4 rings (SSSR count). The molecule has 2 aromatic heterocycles. The van der Waals surface area contributed by atoms with E-state index in [2.05, 4.69) is 15.3 Å². The van der Waals surface area contributed by atoms with Crippen molar-refractivity contribution in [3.8, 4) is 0 Å². The number of amides is 2. The number of anilines is 1. The molecule has 154 valence electrons. The third-order valence-electron chi connectivity index (χ3n) is 4.63. The number of pyridine rings is 1. The van der Waals surface area contributed by atoms with E-state index in [9.17, 15) is 24.6 Å². The van der Waals surface area contributed by atoms with Crippen LogP contribution in [-0.4, -0.2) is 66.6 Å². The van der Waals surface area contributed by atoms with E-state index in [0.717, 1.165) is 0 Å². The topological polar surface area (TPSA) is 138 Å². The Morgan fingerprint density at radius 3 is 2.60 bits per heavy atom. The van der Waals surface area contributed by atoms with Gasteiger partial charge < -0.3 is 25.0 Å². The molecule has 0 aliphatic carbocycles. The summed E-state index contributed by atoms with van der Waals surface area (Å²) in [5, 5.41) is 21.9. The number of imidazole rings is 1. The van der Waals surface area contributed by atoms with Crippen molar-refractivity contribution in [1.82, 2.24) is 19.4 Å². The largest absolute Gasteiger partial charge is 0.475 e. The minimum absolute atomic E-state index is 0.243. The molecule has 0 spiro atoms. The van der Waals surface area contributed by atoms with Crippen molar-refractivity contribution in [1.29, 1.82) is 0 Å². The van der Waals surface area contributed by atoms with Gasteiger partial charge in [-0.3, -0.25) is 9.59 Å². The number of aliphatic hydroxyl groups excluding tert-OH is 1. The van der Waals surface area contributed by atoms with Gasteiger partial charge in [0.15, 0.2) is 0 Å². The first-order chi connectivity index (χ1) is 14.3. The number of carboxylic acid groups (broad SMARTS) is 1. The van der Waals surface area contributed by atoms with Crippen LogP contribution in [0.2, 0.25) is 5.02 Å². The van der Waals surface area contributed by atoms with Crippen LogP contribution in [0.3, 0.4) is 0 Å². The summed E-state index contributed by atoms with van der Waals surface area (Å²) in [7, 11) is 0. The Hall–Kier alpha value is -3.50. The number of hydrogen-bond donors (Lipinski definition) is 3. The van der Waals surface area contributed by atoms with E-state index < -0.39 is 18.0 Å². The van der Waals surface area contributed by atoms with Crippen LogP contribution in [0.1, 0.15) is 21.0 Å². The van der Waals surface area contributed by atoms with Crippen LogP contribution < -0.4 is 5.32 Å². The van der Waals surface area contributed by atoms with E-state index in [-0.39, 0.29) is 37.2 Å². The number of aliphatic hydroxyl groups is 1. The van der Waals surface area contributed by atoms with Gasteiger partial charge in [-0.15, -0.1) is 0 Å². The van der Waals surface area contributed by atoms with Gasteiger partial charge in [0.1, 0.15) is 12.4 Å². The predicted octanol–water partition coefficient (Wildman–Crippen LogP) is 1.24. The SMILES string of the molecule is O=C(Cn1c(C(=O)O)nc2ccc(C(=O)N3CC(O)C3)cc21)Nc1ccc(Cl)cn1. The second-order valence-electron chi connectivity index (χ2n) is 6.80. The standard InChI is InChI=1S/C19H16ClN5O5/c20-11-2-4-15(21-6-11)23-16(27)9-25-14-5-10(18(28)24-7-12(26)8-24)1-3-13(14)22-17(25)19(29)30/h1-6,12,26H,7-9H2,(H,29,30)(H,21,23,27). The first kappa shape index (κ1) is 19.8. The fourth-order valence-corrected chi connectivity index (χ4v) is 3.27. The van der Waals surface area contributed by atoms with Gasteiger partial charge >= 0.3 is 5.97 Å². The first-order valence-electron chi connectivity index (χ1n) is 8.94. The van der Waals surface area contributed by atoms with Crippen LogP contribution in [0.5, 0.6) is 0 Å². The molecular weight excluding hydrogens is 414 g/mol. The maximum atomic E-state index is 12.5. The summed E-state index contributed by atoms with van der Waals surface area (Å²) in [5.41, 5.74) is 0.982. The molecule has 0 radical (unpaired) electrons. The molecule has 3 aromatic rings. The van der Waals surface area contributed by atoms with Gasteiger partial charge in [0, 0.05) is 24.8 Å². The van der Waals surface area contributed by atoms with Gasteiger partial charge in [-0.25, -0.2) is 14.8 Å². The van der Waals surface area contributed by atoms with E-state index in [4.69, 9.17) is 11.6 Å². The number of likely N-dealkylation sites (tertiary alicyclic amines) is 1. The quantitative estimate of drug-likeness (QED) is 0.554. The van der Waals surface area contributed by atoms with Gasteiger partial charge in [0.2, 0.25) is 11.7 Å². The highest BCUT2D eigenvalue weighted by molar-refractivity contribution is 6.30. The maximum Gasteiger partial charge on any atom is 0.372 e. The van der Waals surface area contributed by atoms with Gasteiger partial charge in [-0.2, -0.15) is 0 Å². The van der Waals surface area contributed by atoms with Crippen molar-refractivity contribution in [3.05, 3.63) is 52.9 Å². The number of nitrogens with zero attached hydrogens (tertiary/aromatic N) is 4. The molecule has 1 saturated heterocycles. The van der Waals surface area contributed by atoms with E-state index in [1.807, 2.05) is 0 Å². The zero-order chi connectivity index (χ0) is 21.4. The molecule has 11 heteroatoms. The highest BCUT2D eigenvalue weighted by atomic mass is 35.5. The first-order valence-corrected chi connectivity index (χ1v) is 9.32. The van der Waals surface area contributed by atoms with E-state index in [1.54, 1.807) is 6.07 Å². The van der Waals surface area contributed by atoms with Crippen molar-refractivity contribution in [3.63, 3.8) is 0 Å². The Morgan fingerprint density at radius 2 is 1.97 bits per heavy atom. The lowest BCUT2D eigenvalue weighted by Gasteiger charge is -2.35. The number of benzene rings is 1. The summed E-state index contributed by atoms with van der Waals surface area (Å²) < 4.78 is 1.23. The van der Waals surface area contributed by atoms with Crippen LogP contribution in [0.25, 0.3) is 11.0 Å². The monoisotopic (exact) mass is 429 g/mol. The van der Waals surface area contributed by atoms with E-state index >= 15 is 0 Å². The summed E-state index contributed by atoms with van der Waals surface area (Å²) in [6, 6.07) is 7.64. The smallest absolute Gasteiger partial charge is 0.372 e. The van der Waals surface area contributed by atoms with Crippen LogP contribution >= 0.6 is 11.6 Å². The fourth-order valence-electron chi connectivity index (χ4n) is 3.16. The van der Waals surface area contributed by atoms with Crippen molar-refractivity contribution in [2.75, 3.05) is 18.4 Å². The molecular formula is C19H16ClN5O5. The van der Waals surface area contributed by atoms with Crippen LogP contribution in [0.15, 0.2) is 36.5 Å². The number of aromatic carboxylic acids is 1. The van der Waals surface area contributed by atoms with Crippen LogP contribution in [-0.2, 0) is 11.3 Å². The average molecular weight is 430 g/mol. The second kappa shape index (κ2) is 7.73. The molecule has 1 aliphatic heterocycles. The number of carboxylic acids is 1. The van der Waals surface area contributed by atoms with Crippen molar-refractivity contribution in [2.24, 2.45) is 0 Å². The zero-order valence-corrected chi connectivity index (χ0v) is 16.2. The lowest BCUT2D eigenvalue weighted by atomic mass is 10.1. The van der Waals surface area contributed by atoms with Crippen LogP contribution in [0.4, 0.5) is 5.82 Å². The number of carbonyl (C=O) groups is 3. The molecule has 30 heavy (non-hydrogen) atoms. The molecule has 3 heterocycles. The number of β-amino-alcohol motifs (C(OH)–C–C–N with tert-alkyl or cyclic N) is 1. The molecule has 0 unspecified atom stereocenters. The Kier molecular flexibility index (Phi) is 5.10. The number of nitrogens with one attached hydrogen (secondary N) is 1. The maximum absolute atomic E-state index is 12.5. The van der Waals surface area contributed by atoms with Crippen molar-refractivity contribution >= 4 is 46.2 Å². The summed E-state index contributed by atoms with van der Waals surface area (Å²) in [5.74, 6) is -2.18. The molecule has 1 aliphatic rings. The highest BCUT2D eigenvalue weighted by Gasteiger charge is 2.30. The number of carbonyl (C=O) groups excluding carboxylic acids is 2. The number of aromatic nitrogens is 3. The lowest BCUT2D eigenvalue weighted by Crippen LogP contribution is -2.53. The molecule has 2 amide bonds. The summed E-state index contributed by atoms with van der Waals surface area (Å²) in [6.45, 7) is 0.141. The molecule has 3 N–H and O–H groups in total. The van der Waals surface area contributed by atoms with Gasteiger partial charge in [0.05, 0.1) is 22.2 Å². The Morgan fingerprint density at radius 1 is 1.20 bits per heavy atom. The number of hydrogen-bond acceptors (Lipinski definition) is 6. The summed E-state index contributed by atoms with van der Waals surface area (Å²) >= 11 is 5.77. The number of rotatable bonds is 5.